The normalized spacial score (nSPS) is 15.3. The van der Waals surface area contributed by atoms with Crippen molar-refractivity contribution in [1.29, 1.82) is 0 Å². The number of hydrogen-bond donors (Lipinski definition) is 0. The Morgan fingerprint density at radius 1 is 1.28 bits per heavy atom. The van der Waals surface area contributed by atoms with Gasteiger partial charge in [0.1, 0.15) is 5.82 Å². The molecule has 18 heavy (non-hydrogen) atoms. The number of fused-ring (bicyclic) bond motifs is 2. The van der Waals surface area contributed by atoms with E-state index >= 15 is 0 Å². The molecule has 1 aromatic carbocycles. The van der Waals surface area contributed by atoms with Crippen LogP contribution in [0.3, 0.4) is 0 Å². The maximum absolute atomic E-state index is 11.6. The van der Waals surface area contributed by atoms with Crippen LogP contribution in [0.4, 0.5) is 0 Å². The van der Waals surface area contributed by atoms with E-state index < -0.39 is 10.8 Å². The number of rotatable bonds is 1. The van der Waals surface area contributed by atoms with Gasteiger partial charge in [-0.1, -0.05) is 24.3 Å². The predicted molar refractivity (Wildman–Crippen MR) is 71.4 cm³/mol. The van der Waals surface area contributed by atoms with Gasteiger partial charge >= 0.3 is 0 Å². The van der Waals surface area contributed by atoms with Gasteiger partial charge in [0.25, 0.3) is 0 Å². The van der Waals surface area contributed by atoms with Crippen molar-refractivity contribution in [1.82, 2.24) is 14.8 Å². The van der Waals surface area contributed by atoms with Gasteiger partial charge in [-0.25, -0.2) is 0 Å². The highest BCUT2D eigenvalue weighted by molar-refractivity contribution is 7.84. The van der Waals surface area contributed by atoms with Crippen molar-refractivity contribution in [3.63, 3.8) is 0 Å². The molecule has 3 rings (SSSR count). The molecule has 1 unspecified atom stereocenters. The standard InChI is InChI=1S/C13H13N3OS/c1-9-8-16-12(14-15-13(16)18(2)17)7-10-5-3-4-6-11(9)10/h3-6,8H,7H2,1-2H3. The molecule has 1 aliphatic rings. The lowest BCUT2D eigenvalue weighted by atomic mass is 10.0. The molecule has 0 amide bonds. The third-order valence-electron chi connectivity index (χ3n) is 3.11. The SMILES string of the molecule is CC1=Cn2c(nnc2S(C)=O)Cc2ccccc21. The summed E-state index contributed by atoms with van der Waals surface area (Å²) in [6.45, 7) is 2.05. The maximum Gasteiger partial charge on any atom is 0.225 e. The van der Waals surface area contributed by atoms with E-state index in [1.54, 1.807) is 6.26 Å². The summed E-state index contributed by atoms with van der Waals surface area (Å²) in [6, 6.07) is 8.25. The fourth-order valence-electron chi connectivity index (χ4n) is 2.25. The molecule has 2 aromatic rings. The van der Waals surface area contributed by atoms with Gasteiger partial charge in [0.05, 0.1) is 10.8 Å². The second-order valence-electron chi connectivity index (χ2n) is 4.37. The zero-order valence-electron chi connectivity index (χ0n) is 10.3. The third-order valence-corrected chi connectivity index (χ3v) is 3.90. The van der Waals surface area contributed by atoms with E-state index in [9.17, 15) is 4.21 Å². The molecule has 0 fully saturated rings. The second-order valence-corrected chi connectivity index (χ2v) is 5.64. The smallest absolute Gasteiger partial charge is 0.225 e. The van der Waals surface area contributed by atoms with Crippen LogP contribution in [0, 0.1) is 0 Å². The summed E-state index contributed by atoms with van der Waals surface area (Å²) in [4.78, 5) is 0. The van der Waals surface area contributed by atoms with Gasteiger partial charge in [-0.15, -0.1) is 10.2 Å². The molecule has 1 aliphatic heterocycles. The minimum Gasteiger partial charge on any atom is -0.278 e. The van der Waals surface area contributed by atoms with Crippen molar-refractivity contribution >= 4 is 22.6 Å². The van der Waals surface area contributed by atoms with Crippen molar-refractivity contribution in [3.8, 4) is 0 Å². The summed E-state index contributed by atoms with van der Waals surface area (Å²) in [5.74, 6) is 0.838. The van der Waals surface area contributed by atoms with Gasteiger partial charge in [-0.2, -0.15) is 0 Å². The molecule has 0 N–H and O–H groups in total. The van der Waals surface area contributed by atoms with Crippen LogP contribution in [0.2, 0.25) is 0 Å². The van der Waals surface area contributed by atoms with E-state index in [0.717, 1.165) is 11.4 Å². The first-order valence-corrected chi connectivity index (χ1v) is 7.26. The summed E-state index contributed by atoms with van der Waals surface area (Å²) in [5, 5.41) is 8.67. The average molecular weight is 259 g/mol. The summed E-state index contributed by atoms with van der Waals surface area (Å²) in [7, 11) is -1.13. The van der Waals surface area contributed by atoms with Crippen molar-refractivity contribution in [2.24, 2.45) is 0 Å². The molecule has 0 saturated heterocycles. The quantitative estimate of drug-likeness (QED) is 0.786. The number of benzene rings is 1. The minimum atomic E-state index is -1.13. The van der Waals surface area contributed by atoms with Gasteiger partial charge in [-0.3, -0.25) is 8.78 Å². The molecule has 0 bridgehead atoms. The lowest BCUT2D eigenvalue weighted by molar-refractivity contribution is 0.677. The summed E-state index contributed by atoms with van der Waals surface area (Å²) < 4.78 is 13.5. The molecule has 2 heterocycles. The molecule has 0 radical (unpaired) electrons. The Bertz CT molecular complexity index is 673. The molecule has 92 valence electrons. The van der Waals surface area contributed by atoms with Crippen LogP contribution >= 0.6 is 0 Å². The lowest BCUT2D eigenvalue weighted by Gasteiger charge is -2.04. The molecular formula is C13H13N3OS. The van der Waals surface area contributed by atoms with E-state index in [1.165, 1.54) is 11.1 Å². The first-order valence-electron chi connectivity index (χ1n) is 5.70. The number of nitrogens with zero attached hydrogens (tertiary/aromatic N) is 3. The first-order chi connectivity index (χ1) is 8.66. The van der Waals surface area contributed by atoms with Crippen molar-refractivity contribution < 1.29 is 4.21 Å². The van der Waals surface area contributed by atoms with E-state index in [0.29, 0.717) is 11.6 Å². The Morgan fingerprint density at radius 2 is 2.06 bits per heavy atom. The maximum atomic E-state index is 11.6. The fraction of sp³-hybridized carbons (Fsp3) is 0.231. The van der Waals surface area contributed by atoms with Gasteiger partial charge in [0.15, 0.2) is 0 Å². The molecule has 4 nitrogen and oxygen atoms in total. The highest BCUT2D eigenvalue weighted by Gasteiger charge is 2.18. The topological polar surface area (TPSA) is 47.8 Å². The van der Waals surface area contributed by atoms with Crippen molar-refractivity contribution in [2.45, 2.75) is 18.5 Å². The Kier molecular flexibility index (Phi) is 2.63. The Labute approximate surface area is 108 Å². The highest BCUT2D eigenvalue weighted by atomic mass is 32.2. The van der Waals surface area contributed by atoms with Crippen LogP contribution in [0.15, 0.2) is 29.4 Å². The molecule has 0 saturated carbocycles. The number of aromatic nitrogens is 3. The zero-order valence-corrected chi connectivity index (χ0v) is 11.1. The van der Waals surface area contributed by atoms with Crippen molar-refractivity contribution in [3.05, 3.63) is 41.2 Å². The van der Waals surface area contributed by atoms with Gasteiger partial charge < -0.3 is 0 Å². The predicted octanol–water partition coefficient (Wildman–Crippen LogP) is 1.94. The van der Waals surface area contributed by atoms with Crippen molar-refractivity contribution in [2.75, 3.05) is 6.26 Å². The Balaban J connectivity index is 2.23. The lowest BCUT2D eigenvalue weighted by Crippen LogP contribution is -2.01. The molecule has 5 heteroatoms. The number of allylic oxidation sites excluding steroid dienone is 1. The van der Waals surface area contributed by atoms with E-state index in [4.69, 9.17) is 0 Å². The van der Waals surface area contributed by atoms with Crippen LogP contribution in [0.5, 0.6) is 0 Å². The first kappa shape index (κ1) is 11.3. The van der Waals surface area contributed by atoms with Crippen LogP contribution in [0.25, 0.3) is 11.8 Å². The largest absolute Gasteiger partial charge is 0.278 e. The van der Waals surface area contributed by atoms with Crippen LogP contribution < -0.4 is 0 Å². The summed E-state index contributed by atoms with van der Waals surface area (Å²) >= 11 is 0. The molecule has 1 aromatic heterocycles. The van der Waals surface area contributed by atoms with E-state index in [2.05, 4.69) is 29.3 Å². The minimum absolute atomic E-state index is 0.511. The van der Waals surface area contributed by atoms with Crippen LogP contribution in [-0.2, 0) is 17.2 Å². The highest BCUT2D eigenvalue weighted by Crippen LogP contribution is 2.26. The van der Waals surface area contributed by atoms with E-state index in [-0.39, 0.29) is 0 Å². The third kappa shape index (κ3) is 1.71. The summed E-state index contributed by atoms with van der Waals surface area (Å²) in [6.07, 6.45) is 4.31. The molecule has 0 spiro atoms. The molecular weight excluding hydrogens is 246 g/mol. The van der Waals surface area contributed by atoms with Gasteiger partial charge in [-0.05, 0) is 23.6 Å². The van der Waals surface area contributed by atoms with Gasteiger partial charge in [0.2, 0.25) is 5.16 Å². The number of hydrogen-bond acceptors (Lipinski definition) is 3. The van der Waals surface area contributed by atoms with E-state index in [1.807, 2.05) is 22.9 Å². The zero-order chi connectivity index (χ0) is 12.7. The second kappa shape index (κ2) is 4.17. The Morgan fingerprint density at radius 3 is 2.83 bits per heavy atom. The summed E-state index contributed by atoms with van der Waals surface area (Å²) in [5.41, 5.74) is 3.58. The monoisotopic (exact) mass is 259 g/mol. The average Bonchev–Trinajstić information content (AvgIpc) is 2.67. The molecule has 1 atom stereocenters. The van der Waals surface area contributed by atoms with Gasteiger partial charge in [0, 0.05) is 18.9 Å². The van der Waals surface area contributed by atoms with Crippen LogP contribution in [-0.4, -0.2) is 25.2 Å². The van der Waals surface area contributed by atoms with Crippen LogP contribution in [0.1, 0.15) is 23.9 Å². The Hall–Kier alpha value is -1.75. The molecule has 0 aliphatic carbocycles. The fourth-order valence-corrected chi connectivity index (χ4v) is 2.84.